The lowest BCUT2D eigenvalue weighted by Gasteiger charge is -2.19. The minimum atomic E-state index is -4.48. The number of nitrogens with one attached hydrogen (secondary N) is 1. The number of nitrogens with zero attached hydrogens (tertiary/aromatic N) is 3. The van der Waals surface area contributed by atoms with Crippen LogP contribution in [0.2, 0.25) is 0 Å². The molecule has 1 amide bonds. The number of hydrogen-bond acceptors (Lipinski definition) is 5. The number of ether oxygens (including phenoxy) is 1. The van der Waals surface area contributed by atoms with Gasteiger partial charge in [-0.15, -0.1) is 0 Å². The Morgan fingerprint density at radius 1 is 1.12 bits per heavy atom. The summed E-state index contributed by atoms with van der Waals surface area (Å²) in [7, 11) is 0. The van der Waals surface area contributed by atoms with Crippen molar-refractivity contribution < 1.29 is 22.7 Å². The molecule has 9 heteroatoms. The maximum Gasteiger partial charge on any atom is 0.417 e. The van der Waals surface area contributed by atoms with E-state index in [0.29, 0.717) is 29.9 Å². The molecule has 1 fully saturated rings. The van der Waals surface area contributed by atoms with Gasteiger partial charge in [-0.25, -0.2) is 15.0 Å². The smallest absolute Gasteiger partial charge is 0.417 e. The van der Waals surface area contributed by atoms with Crippen molar-refractivity contribution in [2.24, 2.45) is 5.92 Å². The highest BCUT2D eigenvalue weighted by molar-refractivity contribution is 5.95. The van der Waals surface area contributed by atoms with E-state index in [1.807, 2.05) is 37.3 Å². The maximum absolute atomic E-state index is 12.9. The van der Waals surface area contributed by atoms with Crippen LogP contribution in [0.1, 0.15) is 29.1 Å². The fourth-order valence-corrected chi connectivity index (χ4v) is 3.75. The van der Waals surface area contributed by atoms with E-state index in [1.165, 1.54) is 0 Å². The van der Waals surface area contributed by atoms with E-state index in [0.717, 1.165) is 17.7 Å². The first-order chi connectivity index (χ1) is 15.2. The first-order valence-electron chi connectivity index (χ1n) is 10.0. The van der Waals surface area contributed by atoms with E-state index < -0.39 is 23.1 Å². The summed E-state index contributed by atoms with van der Waals surface area (Å²) in [6.07, 6.45) is -1.63. The minimum absolute atomic E-state index is 0.0700. The predicted octanol–water partition coefficient (Wildman–Crippen LogP) is 4.48. The molecule has 0 bridgehead atoms. The Morgan fingerprint density at radius 3 is 2.50 bits per heavy atom. The maximum atomic E-state index is 12.9. The number of hydrogen-bond donors (Lipinski definition) is 1. The average Bonchev–Trinajstić information content (AvgIpc) is 3.50. The zero-order valence-electron chi connectivity index (χ0n) is 17.5. The van der Waals surface area contributed by atoms with Crippen molar-refractivity contribution in [1.82, 2.24) is 15.0 Å². The molecule has 0 saturated heterocycles. The van der Waals surface area contributed by atoms with Crippen LogP contribution in [0, 0.1) is 19.8 Å². The van der Waals surface area contributed by atoms with E-state index in [-0.39, 0.29) is 18.3 Å². The molecule has 0 radical (unpaired) electrons. The number of carbonyl (C=O) groups excluding carboxylic acids is 1. The molecule has 1 aliphatic rings. The summed E-state index contributed by atoms with van der Waals surface area (Å²) < 4.78 is 44.2. The number of alkyl halides is 3. The van der Waals surface area contributed by atoms with Gasteiger partial charge in [0.2, 0.25) is 5.91 Å². The fourth-order valence-electron chi connectivity index (χ4n) is 3.75. The number of carbonyl (C=O) groups is 1. The Hall–Kier alpha value is -3.49. The van der Waals surface area contributed by atoms with Gasteiger partial charge in [0.1, 0.15) is 11.6 Å². The monoisotopic (exact) mass is 442 g/mol. The second-order valence-corrected chi connectivity index (χ2v) is 7.85. The lowest BCUT2D eigenvalue weighted by atomic mass is 9.93. The van der Waals surface area contributed by atoms with Gasteiger partial charge in [0.05, 0.1) is 30.0 Å². The molecule has 2 aromatic heterocycles. The number of rotatable bonds is 6. The van der Waals surface area contributed by atoms with Crippen LogP contribution < -0.4 is 10.1 Å². The van der Waals surface area contributed by atoms with E-state index in [1.54, 1.807) is 13.1 Å². The summed E-state index contributed by atoms with van der Waals surface area (Å²) in [4.78, 5) is 25.1. The van der Waals surface area contributed by atoms with Gasteiger partial charge in [-0.1, -0.05) is 30.3 Å². The zero-order chi connectivity index (χ0) is 22.9. The zero-order valence-corrected chi connectivity index (χ0v) is 17.5. The van der Waals surface area contributed by atoms with Gasteiger partial charge in [0.15, 0.2) is 5.75 Å². The molecular weight excluding hydrogens is 421 g/mol. The number of amides is 1. The van der Waals surface area contributed by atoms with Crippen LogP contribution in [0.5, 0.6) is 5.75 Å². The van der Waals surface area contributed by atoms with E-state index in [4.69, 9.17) is 4.74 Å². The quantitative estimate of drug-likeness (QED) is 0.609. The minimum Gasteiger partial charge on any atom is -0.489 e. The second kappa shape index (κ2) is 8.22. The Kier molecular flexibility index (Phi) is 5.58. The molecule has 32 heavy (non-hydrogen) atoms. The number of benzene rings is 1. The SMILES string of the molecule is Cc1ncc(OC[C@@]2(c3ccccc3)C[C@H]2C(=O)Nc2ccc(C(F)(F)F)cn2)c(C)n1. The Morgan fingerprint density at radius 2 is 1.88 bits per heavy atom. The summed E-state index contributed by atoms with van der Waals surface area (Å²) in [5.41, 5.74) is 0.223. The Labute approximate surface area is 182 Å². The number of pyridine rings is 1. The molecule has 0 spiro atoms. The molecule has 3 aromatic rings. The lowest BCUT2D eigenvalue weighted by molar-refractivity contribution is -0.137. The highest BCUT2D eigenvalue weighted by Crippen LogP contribution is 2.55. The predicted molar refractivity (Wildman–Crippen MR) is 111 cm³/mol. The molecule has 0 unspecified atom stereocenters. The van der Waals surface area contributed by atoms with E-state index in [2.05, 4.69) is 20.3 Å². The summed E-state index contributed by atoms with van der Waals surface area (Å²) in [5.74, 6) is 0.518. The summed E-state index contributed by atoms with van der Waals surface area (Å²) in [6.45, 7) is 3.86. The molecular formula is C23H21F3N4O2. The van der Waals surface area contributed by atoms with Gasteiger partial charge in [-0.05, 0) is 38.0 Å². The third kappa shape index (κ3) is 4.42. The molecule has 6 nitrogen and oxygen atoms in total. The van der Waals surface area contributed by atoms with Crippen LogP contribution in [0.4, 0.5) is 19.0 Å². The van der Waals surface area contributed by atoms with Crippen molar-refractivity contribution in [2.75, 3.05) is 11.9 Å². The van der Waals surface area contributed by atoms with Crippen molar-refractivity contribution in [1.29, 1.82) is 0 Å². The van der Waals surface area contributed by atoms with Gasteiger partial charge in [0.25, 0.3) is 0 Å². The largest absolute Gasteiger partial charge is 0.489 e. The van der Waals surface area contributed by atoms with E-state index in [9.17, 15) is 18.0 Å². The summed E-state index contributed by atoms with van der Waals surface area (Å²) in [6, 6.07) is 11.6. The first kappa shape index (κ1) is 21.7. The molecule has 1 aromatic carbocycles. The van der Waals surface area contributed by atoms with E-state index >= 15 is 0 Å². The van der Waals surface area contributed by atoms with Gasteiger partial charge in [0, 0.05) is 11.6 Å². The van der Waals surface area contributed by atoms with Gasteiger partial charge in [-0.2, -0.15) is 13.2 Å². The van der Waals surface area contributed by atoms with Gasteiger partial charge in [-0.3, -0.25) is 4.79 Å². The molecule has 1 N–H and O–H groups in total. The van der Waals surface area contributed by atoms with Gasteiger partial charge >= 0.3 is 6.18 Å². The molecule has 1 aliphatic carbocycles. The van der Waals surface area contributed by atoms with Crippen molar-refractivity contribution in [3.8, 4) is 5.75 Å². The first-order valence-corrected chi connectivity index (χ1v) is 10.0. The fraction of sp³-hybridized carbons (Fsp3) is 0.304. The third-order valence-corrected chi connectivity index (χ3v) is 5.62. The molecule has 1 saturated carbocycles. The summed E-state index contributed by atoms with van der Waals surface area (Å²) >= 11 is 0. The standard InChI is InChI=1S/C23H21F3N4O2/c1-14-19(12-27-15(2)29-14)32-13-22(16-6-4-3-5-7-16)10-18(22)21(31)30-20-9-8-17(11-28-20)23(24,25)26/h3-9,11-12,18H,10,13H2,1-2H3,(H,28,30,31)/t18-,22+/m0/s1. The highest BCUT2D eigenvalue weighted by Gasteiger charge is 2.60. The van der Waals surface area contributed by atoms with Gasteiger partial charge < -0.3 is 10.1 Å². The van der Waals surface area contributed by atoms with Crippen LogP contribution in [0.3, 0.4) is 0 Å². The molecule has 166 valence electrons. The van der Waals surface area contributed by atoms with Crippen molar-refractivity contribution in [3.63, 3.8) is 0 Å². The van der Waals surface area contributed by atoms with Crippen LogP contribution in [-0.2, 0) is 16.4 Å². The van der Waals surface area contributed by atoms with Crippen LogP contribution in [0.15, 0.2) is 54.9 Å². The second-order valence-electron chi connectivity index (χ2n) is 7.85. The van der Waals surface area contributed by atoms with Crippen molar-refractivity contribution >= 4 is 11.7 Å². The topological polar surface area (TPSA) is 77.0 Å². The van der Waals surface area contributed by atoms with Crippen LogP contribution in [-0.4, -0.2) is 27.5 Å². The molecule has 2 atom stereocenters. The molecule has 2 heterocycles. The van der Waals surface area contributed by atoms with Crippen LogP contribution >= 0.6 is 0 Å². The third-order valence-electron chi connectivity index (χ3n) is 5.62. The summed E-state index contributed by atoms with van der Waals surface area (Å²) in [5, 5.41) is 2.63. The lowest BCUT2D eigenvalue weighted by Crippen LogP contribution is -2.27. The average molecular weight is 442 g/mol. The number of aromatic nitrogens is 3. The molecule has 4 rings (SSSR count). The number of anilines is 1. The molecule has 0 aliphatic heterocycles. The van der Waals surface area contributed by atoms with Crippen molar-refractivity contribution in [2.45, 2.75) is 31.9 Å². The van der Waals surface area contributed by atoms with Crippen LogP contribution in [0.25, 0.3) is 0 Å². The number of aryl methyl sites for hydroxylation is 2. The Bertz CT molecular complexity index is 1120. The number of halogens is 3. The normalized spacial score (nSPS) is 20.0. The Balaban J connectivity index is 1.51. The highest BCUT2D eigenvalue weighted by atomic mass is 19.4. The van der Waals surface area contributed by atoms with Crippen molar-refractivity contribution in [3.05, 3.63) is 77.5 Å².